The minimum Gasteiger partial charge on any atom is -0.493 e. The number of hydrogen-bond donors (Lipinski definition) is 1. The van der Waals surface area contributed by atoms with E-state index in [9.17, 15) is 13.2 Å². The maximum atomic E-state index is 13.0. The van der Waals surface area contributed by atoms with Crippen LogP contribution in [-0.2, 0) is 10.0 Å². The third-order valence-electron chi connectivity index (χ3n) is 4.36. The van der Waals surface area contributed by atoms with Crippen LogP contribution in [0.15, 0.2) is 45.8 Å². The third kappa shape index (κ3) is 4.84. The van der Waals surface area contributed by atoms with Gasteiger partial charge in [-0.15, -0.1) is 0 Å². The molecule has 2 rings (SSSR count). The second-order valence-corrected chi connectivity index (χ2v) is 8.54. The summed E-state index contributed by atoms with van der Waals surface area (Å²) in [6.45, 7) is 4.18. The number of primary sulfonamides is 1. The van der Waals surface area contributed by atoms with Crippen LogP contribution < -0.4 is 14.6 Å². The fourth-order valence-corrected chi connectivity index (χ4v) is 3.74. The molecule has 1 unspecified atom stereocenters. The zero-order valence-corrected chi connectivity index (χ0v) is 18.5. The van der Waals surface area contributed by atoms with E-state index in [-0.39, 0.29) is 16.8 Å². The van der Waals surface area contributed by atoms with Gasteiger partial charge in [-0.25, -0.2) is 13.6 Å². The standard InChI is InChI=1S/C19H23BrN2O5S/c1-5-27-18-16(20)10-14(11-17(18)26-4)19(23)22(3)12(2)13-6-8-15(9-7-13)28(21,24)25/h6-12H,5H2,1-4H3,(H2,21,24,25). The van der Waals surface area contributed by atoms with E-state index in [1.165, 1.54) is 19.2 Å². The fraction of sp³-hybridized carbons (Fsp3) is 0.316. The molecule has 1 atom stereocenters. The Morgan fingerprint density at radius 3 is 2.36 bits per heavy atom. The summed E-state index contributed by atoms with van der Waals surface area (Å²) in [4.78, 5) is 14.6. The summed E-state index contributed by atoms with van der Waals surface area (Å²) in [7, 11) is -0.568. The molecule has 9 heteroatoms. The van der Waals surface area contributed by atoms with Crippen molar-refractivity contribution in [2.24, 2.45) is 5.14 Å². The number of amides is 1. The van der Waals surface area contributed by atoms with Crippen molar-refractivity contribution in [3.05, 3.63) is 52.0 Å². The van der Waals surface area contributed by atoms with Crippen LogP contribution in [0.25, 0.3) is 0 Å². The van der Waals surface area contributed by atoms with Crippen molar-refractivity contribution in [2.75, 3.05) is 20.8 Å². The molecule has 0 aromatic heterocycles. The first-order valence-corrected chi connectivity index (χ1v) is 10.8. The van der Waals surface area contributed by atoms with Crippen LogP contribution in [0, 0.1) is 0 Å². The van der Waals surface area contributed by atoms with Gasteiger partial charge in [0.2, 0.25) is 10.0 Å². The predicted octanol–water partition coefficient (Wildman–Crippen LogP) is 3.34. The minimum absolute atomic E-state index is 0.0256. The first-order valence-electron chi connectivity index (χ1n) is 8.50. The van der Waals surface area contributed by atoms with Crippen LogP contribution >= 0.6 is 15.9 Å². The second-order valence-electron chi connectivity index (χ2n) is 6.13. The van der Waals surface area contributed by atoms with Gasteiger partial charge in [0.15, 0.2) is 11.5 Å². The van der Waals surface area contributed by atoms with E-state index in [0.29, 0.717) is 28.1 Å². The van der Waals surface area contributed by atoms with Crippen LogP contribution in [0.5, 0.6) is 11.5 Å². The number of hydrogen-bond acceptors (Lipinski definition) is 5. The third-order valence-corrected chi connectivity index (χ3v) is 5.88. The van der Waals surface area contributed by atoms with Crippen LogP contribution in [-0.4, -0.2) is 40.0 Å². The Balaban J connectivity index is 2.29. The monoisotopic (exact) mass is 470 g/mol. The lowest BCUT2D eigenvalue weighted by Gasteiger charge is -2.26. The average Bonchev–Trinajstić information content (AvgIpc) is 2.67. The molecule has 0 fully saturated rings. The molecule has 2 aromatic carbocycles. The molecule has 0 bridgehead atoms. The number of carbonyl (C=O) groups excluding carboxylic acids is 1. The van der Waals surface area contributed by atoms with Crippen molar-refractivity contribution in [1.82, 2.24) is 4.90 Å². The zero-order valence-electron chi connectivity index (χ0n) is 16.1. The molecule has 0 saturated carbocycles. The largest absolute Gasteiger partial charge is 0.493 e. The van der Waals surface area contributed by atoms with Gasteiger partial charge in [-0.05, 0) is 59.6 Å². The van der Waals surface area contributed by atoms with Crippen LogP contribution in [0.2, 0.25) is 0 Å². The van der Waals surface area contributed by atoms with E-state index in [0.717, 1.165) is 5.56 Å². The van der Waals surface area contributed by atoms with E-state index in [4.69, 9.17) is 14.6 Å². The molecule has 2 N–H and O–H groups in total. The number of benzene rings is 2. The molecule has 7 nitrogen and oxygen atoms in total. The summed E-state index contributed by atoms with van der Waals surface area (Å²) in [5, 5.41) is 5.12. The lowest BCUT2D eigenvalue weighted by molar-refractivity contribution is 0.0742. The summed E-state index contributed by atoms with van der Waals surface area (Å²) in [5.41, 5.74) is 1.21. The number of rotatable bonds is 7. The molecule has 0 saturated heterocycles. The molecule has 2 aromatic rings. The van der Waals surface area contributed by atoms with Gasteiger partial charge in [0.25, 0.3) is 5.91 Å². The number of methoxy groups -OCH3 is 1. The highest BCUT2D eigenvalue weighted by Gasteiger charge is 2.22. The average molecular weight is 471 g/mol. The van der Waals surface area contributed by atoms with Crippen molar-refractivity contribution in [3.63, 3.8) is 0 Å². The van der Waals surface area contributed by atoms with Crippen molar-refractivity contribution in [2.45, 2.75) is 24.8 Å². The normalized spacial score (nSPS) is 12.4. The zero-order chi connectivity index (χ0) is 21.1. The summed E-state index contributed by atoms with van der Waals surface area (Å²) in [6.07, 6.45) is 0. The van der Waals surface area contributed by atoms with Gasteiger partial charge in [0.1, 0.15) is 0 Å². The molecule has 0 heterocycles. The summed E-state index contributed by atoms with van der Waals surface area (Å²) >= 11 is 3.42. The number of sulfonamides is 1. The first kappa shape index (κ1) is 22.2. The Morgan fingerprint density at radius 2 is 1.86 bits per heavy atom. The van der Waals surface area contributed by atoms with E-state index in [1.54, 1.807) is 36.2 Å². The quantitative estimate of drug-likeness (QED) is 0.668. The Hall–Kier alpha value is -2.10. The molecule has 0 radical (unpaired) electrons. The van der Waals surface area contributed by atoms with Crippen LogP contribution in [0.4, 0.5) is 0 Å². The maximum absolute atomic E-state index is 13.0. The Kier molecular flexibility index (Phi) is 7.08. The van der Waals surface area contributed by atoms with Crippen LogP contribution in [0.1, 0.15) is 35.8 Å². The number of halogens is 1. The summed E-state index contributed by atoms with van der Waals surface area (Å²) < 4.78 is 34.3. The van der Waals surface area contributed by atoms with Crippen molar-refractivity contribution >= 4 is 31.9 Å². The highest BCUT2D eigenvalue weighted by Crippen LogP contribution is 2.37. The lowest BCUT2D eigenvalue weighted by Crippen LogP contribution is -2.29. The molecule has 0 spiro atoms. The highest BCUT2D eigenvalue weighted by atomic mass is 79.9. The maximum Gasteiger partial charge on any atom is 0.254 e. The van der Waals surface area contributed by atoms with E-state index >= 15 is 0 Å². The van der Waals surface area contributed by atoms with E-state index in [1.807, 2.05) is 13.8 Å². The van der Waals surface area contributed by atoms with Crippen LogP contribution in [0.3, 0.4) is 0 Å². The number of nitrogens with zero attached hydrogens (tertiary/aromatic N) is 1. The molecule has 1 amide bonds. The van der Waals surface area contributed by atoms with E-state index in [2.05, 4.69) is 15.9 Å². The predicted molar refractivity (Wildman–Crippen MR) is 110 cm³/mol. The molecular formula is C19H23BrN2O5S. The molecular weight excluding hydrogens is 448 g/mol. The highest BCUT2D eigenvalue weighted by molar-refractivity contribution is 9.10. The first-order chi connectivity index (χ1) is 13.1. The SMILES string of the molecule is CCOc1c(Br)cc(C(=O)N(C)C(C)c2ccc(S(N)(=O)=O)cc2)cc1OC. The summed E-state index contributed by atoms with van der Waals surface area (Å²) in [5.74, 6) is 0.777. The van der Waals surface area contributed by atoms with Gasteiger partial charge in [0.05, 0.1) is 29.1 Å². The molecule has 0 aliphatic carbocycles. The molecule has 0 aliphatic rings. The Bertz CT molecular complexity index is 961. The van der Waals surface area contributed by atoms with Gasteiger partial charge >= 0.3 is 0 Å². The van der Waals surface area contributed by atoms with Gasteiger partial charge in [0, 0.05) is 12.6 Å². The van der Waals surface area contributed by atoms with Gasteiger partial charge < -0.3 is 14.4 Å². The molecule has 0 aliphatic heterocycles. The van der Waals surface area contributed by atoms with E-state index < -0.39 is 10.0 Å². The number of nitrogens with two attached hydrogens (primary N) is 1. The fourth-order valence-electron chi connectivity index (χ4n) is 2.67. The van der Waals surface area contributed by atoms with Gasteiger partial charge in [-0.1, -0.05) is 12.1 Å². The smallest absolute Gasteiger partial charge is 0.254 e. The number of ether oxygens (including phenoxy) is 2. The molecule has 152 valence electrons. The minimum atomic E-state index is -3.76. The van der Waals surface area contributed by atoms with Gasteiger partial charge in [-0.2, -0.15) is 0 Å². The lowest BCUT2D eigenvalue weighted by atomic mass is 10.1. The number of carbonyl (C=O) groups is 1. The Labute approximate surface area is 173 Å². The topological polar surface area (TPSA) is 98.9 Å². The second kappa shape index (κ2) is 8.93. The van der Waals surface area contributed by atoms with Crippen molar-refractivity contribution in [1.29, 1.82) is 0 Å². The van der Waals surface area contributed by atoms with Gasteiger partial charge in [-0.3, -0.25) is 4.79 Å². The van der Waals surface area contributed by atoms with Crippen molar-refractivity contribution in [3.8, 4) is 11.5 Å². The Morgan fingerprint density at radius 1 is 1.25 bits per heavy atom. The molecule has 28 heavy (non-hydrogen) atoms. The summed E-state index contributed by atoms with van der Waals surface area (Å²) in [6, 6.07) is 9.16. The van der Waals surface area contributed by atoms with Crippen molar-refractivity contribution < 1.29 is 22.7 Å².